The minimum absolute atomic E-state index is 0.00985. The molecule has 0 saturated carbocycles. The van der Waals surface area contributed by atoms with Crippen molar-refractivity contribution in [1.29, 1.82) is 0 Å². The third kappa shape index (κ3) is 4.81. The lowest BCUT2D eigenvalue weighted by molar-refractivity contribution is -0.113. The number of thioether (sulfide) groups is 1. The molecular formula is C18H20N4O5S2. The van der Waals surface area contributed by atoms with Gasteiger partial charge in [-0.25, -0.2) is 18.5 Å². The van der Waals surface area contributed by atoms with Gasteiger partial charge in [-0.05, 0) is 18.2 Å². The monoisotopic (exact) mass is 436 g/mol. The zero-order chi connectivity index (χ0) is 21.2. The van der Waals surface area contributed by atoms with Gasteiger partial charge in [0.05, 0.1) is 35.9 Å². The standard InChI is InChI=1S/C18H20N4O5S2/c1-22-16-5-4-14(29(19,24)25)9-15(16)21-18(22)28-10-17(23)20-11-6-12(26-2)8-13(7-11)27-3/h4-9H,10H2,1-3H3,(H,20,23)(H2,19,24,25). The van der Waals surface area contributed by atoms with Crippen LogP contribution in [0.5, 0.6) is 11.5 Å². The molecule has 3 N–H and O–H groups in total. The number of aromatic nitrogens is 2. The number of carbonyl (C=O) groups is 1. The summed E-state index contributed by atoms with van der Waals surface area (Å²) < 4.78 is 35.2. The summed E-state index contributed by atoms with van der Waals surface area (Å²) in [6.45, 7) is 0. The summed E-state index contributed by atoms with van der Waals surface area (Å²) in [5.41, 5.74) is 1.77. The maximum Gasteiger partial charge on any atom is 0.238 e. The zero-order valence-electron chi connectivity index (χ0n) is 16.0. The van der Waals surface area contributed by atoms with Gasteiger partial charge in [-0.2, -0.15) is 0 Å². The van der Waals surface area contributed by atoms with E-state index >= 15 is 0 Å². The number of imidazole rings is 1. The van der Waals surface area contributed by atoms with Gasteiger partial charge in [0.25, 0.3) is 0 Å². The number of anilines is 1. The molecule has 11 heteroatoms. The lowest BCUT2D eigenvalue weighted by Crippen LogP contribution is -2.14. The number of fused-ring (bicyclic) bond motifs is 1. The Hall–Kier alpha value is -2.76. The highest BCUT2D eigenvalue weighted by atomic mass is 32.2. The van der Waals surface area contributed by atoms with Gasteiger partial charge in [0.2, 0.25) is 15.9 Å². The van der Waals surface area contributed by atoms with Crippen LogP contribution in [0.25, 0.3) is 11.0 Å². The molecule has 0 fully saturated rings. The molecule has 0 radical (unpaired) electrons. The van der Waals surface area contributed by atoms with E-state index in [1.807, 2.05) is 0 Å². The summed E-state index contributed by atoms with van der Waals surface area (Å²) >= 11 is 1.23. The number of ether oxygens (including phenoxy) is 2. The van der Waals surface area contributed by atoms with Crippen LogP contribution in [0, 0.1) is 0 Å². The number of methoxy groups -OCH3 is 2. The van der Waals surface area contributed by atoms with E-state index in [0.717, 1.165) is 5.52 Å². The highest BCUT2D eigenvalue weighted by Gasteiger charge is 2.15. The fraction of sp³-hybridized carbons (Fsp3) is 0.222. The van der Waals surface area contributed by atoms with Gasteiger partial charge >= 0.3 is 0 Å². The molecular weight excluding hydrogens is 416 g/mol. The summed E-state index contributed by atoms with van der Waals surface area (Å²) in [6.07, 6.45) is 0. The molecule has 9 nitrogen and oxygen atoms in total. The average molecular weight is 437 g/mol. The molecule has 0 unspecified atom stereocenters. The van der Waals surface area contributed by atoms with Crippen LogP contribution in [0.15, 0.2) is 46.5 Å². The SMILES string of the molecule is COc1cc(NC(=O)CSc2nc3cc(S(N)(=O)=O)ccc3n2C)cc(OC)c1. The fourth-order valence-corrected chi connectivity index (χ4v) is 3.99. The first-order valence-corrected chi connectivity index (χ1v) is 10.9. The van der Waals surface area contributed by atoms with Crippen LogP contribution in [0.3, 0.4) is 0 Å². The predicted octanol–water partition coefficient (Wildman–Crippen LogP) is 1.97. The number of sulfonamides is 1. The molecule has 0 aliphatic heterocycles. The van der Waals surface area contributed by atoms with Crippen molar-refractivity contribution in [1.82, 2.24) is 9.55 Å². The molecule has 1 amide bonds. The maximum atomic E-state index is 12.4. The number of nitrogens with two attached hydrogens (primary N) is 1. The Balaban J connectivity index is 1.73. The summed E-state index contributed by atoms with van der Waals surface area (Å²) in [7, 11) is 1.04. The molecule has 0 aliphatic rings. The van der Waals surface area contributed by atoms with Gasteiger partial charge in [-0.3, -0.25) is 4.79 Å². The van der Waals surface area contributed by atoms with Crippen LogP contribution in [-0.2, 0) is 21.9 Å². The third-order valence-electron chi connectivity index (χ3n) is 4.11. The van der Waals surface area contributed by atoms with E-state index in [9.17, 15) is 13.2 Å². The topological polar surface area (TPSA) is 126 Å². The van der Waals surface area contributed by atoms with E-state index in [0.29, 0.717) is 27.9 Å². The molecule has 0 spiro atoms. The minimum Gasteiger partial charge on any atom is -0.497 e. The van der Waals surface area contributed by atoms with Gasteiger partial charge in [-0.1, -0.05) is 11.8 Å². The van der Waals surface area contributed by atoms with E-state index in [-0.39, 0.29) is 16.6 Å². The number of nitrogens with one attached hydrogen (secondary N) is 1. The van der Waals surface area contributed by atoms with Crippen LogP contribution in [0.1, 0.15) is 0 Å². The van der Waals surface area contributed by atoms with Crippen LogP contribution in [0.2, 0.25) is 0 Å². The summed E-state index contributed by atoms with van der Waals surface area (Å²) in [4.78, 5) is 16.7. The van der Waals surface area contributed by atoms with E-state index in [2.05, 4.69) is 10.3 Å². The van der Waals surface area contributed by atoms with Gasteiger partial charge in [0.15, 0.2) is 5.16 Å². The second kappa shape index (κ2) is 8.31. The maximum absolute atomic E-state index is 12.4. The fourth-order valence-electron chi connectivity index (χ4n) is 2.67. The Morgan fingerprint density at radius 1 is 1.17 bits per heavy atom. The number of nitrogens with zero attached hydrogens (tertiary/aromatic N) is 2. The summed E-state index contributed by atoms with van der Waals surface area (Å²) in [5.74, 6) is 1.00. The Kier molecular flexibility index (Phi) is 6.01. The van der Waals surface area contributed by atoms with Crippen molar-refractivity contribution in [2.45, 2.75) is 10.1 Å². The number of amides is 1. The lowest BCUT2D eigenvalue weighted by atomic mass is 10.2. The van der Waals surface area contributed by atoms with Crippen molar-refractivity contribution in [3.63, 3.8) is 0 Å². The Labute approximate surface area is 172 Å². The van der Waals surface area contributed by atoms with Crippen LogP contribution < -0.4 is 19.9 Å². The van der Waals surface area contributed by atoms with Crippen molar-refractivity contribution in [2.24, 2.45) is 12.2 Å². The zero-order valence-corrected chi connectivity index (χ0v) is 17.6. The van der Waals surface area contributed by atoms with E-state index in [1.54, 1.807) is 35.9 Å². The number of aryl methyl sites for hydroxylation is 1. The molecule has 0 atom stereocenters. The Morgan fingerprint density at radius 3 is 2.41 bits per heavy atom. The Bertz CT molecular complexity index is 1150. The second-order valence-corrected chi connectivity index (χ2v) is 8.59. The highest BCUT2D eigenvalue weighted by Crippen LogP contribution is 2.27. The second-order valence-electron chi connectivity index (χ2n) is 6.09. The predicted molar refractivity (Wildman–Crippen MR) is 111 cm³/mol. The van der Waals surface area contributed by atoms with E-state index in [4.69, 9.17) is 14.6 Å². The summed E-state index contributed by atoms with van der Waals surface area (Å²) in [5, 5.41) is 8.53. The van der Waals surface area contributed by atoms with Crippen LogP contribution in [0.4, 0.5) is 5.69 Å². The number of hydrogen-bond donors (Lipinski definition) is 2. The quantitative estimate of drug-likeness (QED) is 0.542. The molecule has 3 rings (SSSR count). The van der Waals surface area contributed by atoms with Crippen LogP contribution >= 0.6 is 11.8 Å². The third-order valence-corrected chi connectivity index (χ3v) is 6.05. The first-order valence-electron chi connectivity index (χ1n) is 8.36. The van der Waals surface area contributed by atoms with Crippen molar-refractivity contribution in [2.75, 3.05) is 25.3 Å². The van der Waals surface area contributed by atoms with E-state index in [1.165, 1.54) is 38.1 Å². The number of carbonyl (C=O) groups excluding carboxylic acids is 1. The number of benzene rings is 2. The number of primary sulfonamides is 1. The molecule has 154 valence electrons. The highest BCUT2D eigenvalue weighted by molar-refractivity contribution is 7.99. The largest absolute Gasteiger partial charge is 0.497 e. The molecule has 0 bridgehead atoms. The molecule has 29 heavy (non-hydrogen) atoms. The smallest absolute Gasteiger partial charge is 0.238 e. The van der Waals surface area contributed by atoms with Crippen molar-refractivity contribution in [3.05, 3.63) is 36.4 Å². The van der Waals surface area contributed by atoms with Gasteiger partial charge < -0.3 is 19.4 Å². The molecule has 1 aromatic heterocycles. The summed E-state index contributed by atoms with van der Waals surface area (Å²) in [6, 6.07) is 9.56. The number of hydrogen-bond acceptors (Lipinski definition) is 7. The minimum atomic E-state index is -3.81. The van der Waals surface area contributed by atoms with Crippen molar-refractivity contribution < 1.29 is 22.7 Å². The van der Waals surface area contributed by atoms with Gasteiger partial charge in [0.1, 0.15) is 11.5 Å². The molecule has 3 aromatic rings. The number of rotatable bonds is 7. The molecule has 2 aromatic carbocycles. The van der Waals surface area contributed by atoms with E-state index < -0.39 is 10.0 Å². The Morgan fingerprint density at radius 2 is 1.83 bits per heavy atom. The van der Waals surface area contributed by atoms with Gasteiger partial charge in [-0.15, -0.1) is 0 Å². The van der Waals surface area contributed by atoms with Gasteiger partial charge in [0, 0.05) is 30.9 Å². The molecule has 0 aliphatic carbocycles. The normalized spacial score (nSPS) is 11.4. The lowest BCUT2D eigenvalue weighted by Gasteiger charge is -2.09. The first kappa shape index (κ1) is 21.0. The first-order chi connectivity index (χ1) is 13.7. The van der Waals surface area contributed by atoms with Crippen molar-refractivity contribution in [3.8, 4) is 11.5 Å². The molecule has 0 saturated heterocycles. The van der Waals surface area contributed by atoms with Crippen LogP contribution in [-0.4, -0.2) is 43.8 Å². The van der Waals surface area contributed by atoms with Crippen molar-refractivity contribution >= 4 is 44.4 Å². The molecule has 1 heterocycles. The average Bonchev–Trinajstić information content (AvgIpc) is 3.00.